The molecule has 0 atom stereocenters. The summed E-state index contributed by atoms with van der Waals surface area (Å²) in [5.41, 5.74) is -0.354. The number of hydrogen-bond donors (Lipinski definition) is 1. The van der Waals surface area contributed by atoms with Gasteiger partial charge >= 0.3 is 6.09 Å². The van der Waals surface area contributed by atoms with E-state index in [2.05, 4.69) is 0 Å². The first-order chi connectivity index (χ1) is 12.6. The lowest BCUT2D eigenvalue weighted by Gasteiger charge is -2.29. The van der Waals surface area contributed by atoms with Gasteiger partial charge in [0.2, 0.25) is 0 Å². The van der Waals surface area contributed by atoms with Gasteiger partial charge in [0.15, 0.2) is 17.5 Å². The summed E-state index contributed by atoms with van der Waals surface area (Å²) in [6.07, 6.45) is -1.01. The summed E-state index contributed by atoms with van der Waals surface area (Å²) in [6, 6.07) is 9.57. The summed E-state index contributed by atoms with van der Waals surface area (Å²) in [5, 5.41) is 2.03. The van der Waals surface area contributed by atoms with Crippen LogP contribution in [0.1, 0.15) is 5.56 Å². The Hall–Kier alpha value is -2.74. The van der Waals surface area contributed by atoms with Crippen LogP contribution in [0.5, 0.6) is 0 Å². The summed E-state index contributed by atoms with van der Waals surface area (Å²) >= 11 is 0. The fourth-order valence-electron chi connectivity index (χ4n) is 2.62. The van der Waals surface area contributed by atoms with E-state index in [9.17, 15) is 18.0 Å². The molecule has 138 valence electrons. The second-order valence-corrected chi connectivity index (χ2v) is 5.67. The Morgan fingerprint density at radius 1 is 1.12 bits per heavy atom. The Labute approximate surface area is 148 Å². The normalized spacial score (nSPS) is 14.2. The lowest BCUT2D eigenvalue weighted by atomic mass is 10.2. The van der Waals surface area contributed by atoms with Gasteiger partial charge in [0.05, 0.1) is 18.9 Å². The predicted octanol–water partition coefficient (Wildman–Crippen LogP) is 3.69. The van der Waals surface area contributed by atoms with Gasteiger partial charge in [-0.05, 0) is 5.56 Å². The molecule has 1 N–H and O–H groups in total. The quantitative estimate of drug-likeness (QED) is 0.839. The zero-order valence-electron chi connectivity index (χ0n) is 13.8. The lowest BCUT2D eigenvalue weighted by molar-refractivity contribution is 0.122. The first kappa shape index (κ1) is 18.1. The van der Waals surface area contributed by atoms with Gasteiger partial charge < -0.3 is 14.4 Å². The molecule has 3 rings (SSSR count). The van der Waals surface area contributed by atoms with E-state index in [1.54, 1.807) is 30.3 Å². The molecule has 0 radical (unpaired) electrons. The fraction of sp³-hybridized carbons (Fsp3) is 0.278. The molecule has 1 saturated heterocycles. The number of carbonyl (C=O) groups is 1. The molecule has 1 amide bonds. The van der Waals surface area contributed by atoms with Crippen LogP contribution in [-0.4, -0.2) is 32.4 Å². The summed E-state index contributed by atoms with van der Waals surface area (Å²) in [4.78, 5) is 13.1. The fourth-order valence-corrected chi connectivity index (χ4v) is 2.62. The van der Waals surface area contributed by atoms with Gasteiger partial charge in [-0.2, -0.15) is 0 Å². The van der Waals surface area contributed by atoms with Gasteiger partial charge in [0, 0.05) is 19.2 Å². The molecule has 0 unspecified atom stereocenters. The van der Waals surface area contributed by atoms with E-state index in [-0.39, 0.29) is 19.7 Å². The van der Waals surface area contributed by atoms with Crippen molar-refractivity contribution in [3.8, 4) is 0 Å². The molecule has 1 fully saturated rings. The van der Waals surface area contributed by atoms with Gasteiger partial charge in [0.25, 0.3) is 0 Å². The third-order valence-electron chi connectivity index (χ3n) is 3.91. The van der Waals surface area contributed by atoms with Crippen LogP contribution < -0.4 is 10.2 Å². The molecule has 26 heavy (non-hydrogen) atoms. The van der Waals surface area contributed by atoms with E-state index in [1.807, 2.05) is 5.32 Å². The van der Waals surface area contributed by atoms with Gasteiger partial charge in [-0.25, -0.2) is 18.0 Å². The average molecular weight is 366 g/mol. The van der Waals surface area contributed by atoms with Crippen molar-refractivity contribution in [1.29, 1.82) is 0 Å². The molecule has 1 aliphatic heterocycles. The minimum Gasteiger partial charge on any atom is -0.444 e. The number of ether oxygens (including phenoxy) is 2. The van der Waals surface area contributed by atoms with Crippen LogP contribution in [0.2, 0.25) is 0 Å². The van der Waals surface area contributed by atoms with Crippen molar-refractivity contribution in [2.75, 3.05) is 36.5 Å². The minimum absolute atomic E-state index is 0.0505. The van der Waals surface area contributed by atoms with E-state index in [4.69, 9.17) is 9.47 Å². The zero-order valence-corrected chi connectivity index (χ0v) is 13.8. The number of amides is 1. The highest BCUT2D eigenvalue weighted by Gasteiger charge is 2.25. The largest absolute Gasteiger partial charge is 0.444 e. The topological polar surface area (TPSA) is 50.8 Å². The number of rotatable bonds is 4. The van der Waals surface area contributed by atoms with Crippen LogP contribution in [0.3, 0.4) is 0 Å². The number of anilines is 2. The zero-order chi connectivity index (χ0) is 18.5. The molecule has 0 aliphatic carbocycles. The Bertz CT molecular complexity index is 781. The maximum atomic E-state index is 14.3. The second-order valence-electron chi connectivity index (χ2n) is 5.67. The average Bonchev–Trinajstić information content (AvgIpc) is 2.66. The van der Waals surface area contributed by atoms with E-state index in [0.29, 0.717) is 13.2 Å². The van der Waals surface area contributed by atoms with Crippen molar-refractivity contribution >= 4 is 17.5 Å². The Morgan fingerprint density at radius 2 is 1.81 bits per heavy atom. The van der Waals surface area contributed by atoms with Crippen molar-refractivity contribution in [2.24, 2.45) is 0 Å². The smallest absolute Gasteiger partial charge is 0.412 e. The third-order valence-corrected chi connectivity index (χ3v) is 3.91. The predicted molar refractivity (Wildman–Crippen MR) is 89.6 cm³/mol. The number of benzene rings is 2. The number of hydrogen-bond acceptors (Lipinski definition) is 4. The van der Waals surface area contributed by atoms with E-state index < -0.39 is 34.9 Å². The Morgan fingerprint density at radius 3 is 2.50 bits per heavy atom. The van der Waals surface area contributed by atoms with Crippen LogP contribution in [0.15, 0.2) is 36.4 Å². The van der Waals surface area contributed by atoms with Gasteiger partial charge in [-0.3, -0.25) is 5.32 Å². The first-order valence-electron chi connectivity index (χ1n) is 8.04. The maximum Gasteiger partial charge on any atom is 0.412 e. The monoisotopic (exact) mass is 366 g/mol. The van der Waals surface area contributed by atoms with Crippen LogP contribution in [-0.2, 0) is 16.1 Å². The van der Waals surface area contributed by atoms with Gasteiger partial charge in [0.1, 0.15) is 12.3 Å². The van der Waals surface area contributed by atoms with Crippen molar-refractivity contribution in [1.82, 2.24) is 0 Å². The van der Waals surface area contributed by atoms with Crippen LogP contribution in [0.4, 0.5) is 29.3 Å². The highest BCUT2D eigenvalue weighted by atomic mass is 19.2. The molecule has 2 aromatic carbocycles. The number of nitrogens with one attached hydrogen (secondary N) is 1. The molecule has 0 aromatic heterocycles. The number of carbonyl (C=O) groups excluding carboxylic acids is 1. The molecular formula is C18H17F3N2O3. The van der Waals surface area contributed by atoms with Crippen molar-refractivity contribution in [3.63, 3.8) is 0 Å². The Kier molecular flexibility index (Phi) is 5.62. The molecule has 1 heterocycles. The summed E-state index contributed by atoms with van der Waals surface area (Å²) < 4.78 is 52.9. The standard InChI is InChI=1S/C18H17F3N2O3/c19-13-10-14(22-18(24)26-11-12-4-2-1-3-5-12)15(20)16(21)17(13)23-6-8-25-9-7-23/h1-5,10H,6-9,11H2,(H,22,24). The number of morpholine rings is 1. The highest BCUT2D eigenvalue weighted by Crippen LogP contribution is 2.31. The molecule has 0 spiro atoms. The molecule has 0 saturated carbocycles. The molecule has 2 aromatic rings. The SMILES string of the molecule is O=C(Nc1cc(F)c(N2CCOCC2)c(F)c1F)OCc1ccccc1. The van der Waals surface area contributed by atoms with Gasteiger partial charge in [-0.15, -0.1) is 0 Å². The highest BCUT2D eigenvalue weighted by molar-refractivity contribution is 5.85. The number of halogens is 3. The Balaban J connectivity index is 1.71. The lowest BCUT2D eigenvalue weighted by Crippen LogP contribution is -2.37. The summed E-state index contributed by atoms with van der Waals surface area (Å²) in [5.74, 6) is -3.67. The van der Waals surface area contributed by atoms with Crippen molar-refractivity contribution in [2.45, 2.75) is 6.61 Å². The molecule has 1 aliphatic rings. The van der Waals surface area contributed by atoms with Gasteiger partial charge in [-0.1, -0.05) is 30.3 Å². The van der Waals surface area contributed by atoms with Crippen LogP contribution >= 0.6 is 0 Å². The third kappa shape index (κ3) is 4.08. The molecule has 0 bridgehead atoms. The summed E-state index contributed by atoms with van der Waals surface area (Å²) in [6.45, 7) is 1.04. The number of nitrogens with zero attached hydrogens (tertiary/aromatic N) is 1. The summed E-state index contributed by atoms with van der Waals surface area (Å²) in [7, 11) is 0. The van der Waals surface area contributed by atoms with E-state index in [1.165, 1.54) is 4.90 Å². The second kappa shape index (κ2) is 8.09. The maximum absolute atomic E-state index is 14.3. The van der Waals surface area contributed by atoms with Crippen molar-refractivity contribution in [3.05, 3.63) is 59.4 Å². The molecule has 8 heteroatoms. The minimum atomic E-state index is -1.36. The molecular weight excluding hydrogens is 349 g/mol. The van der Waals surface area contributed by atoms with Crippen molar-refractivity contribution < 1.29 is 27.4 Å². The van der Waals surface area contributed by atoms with Crippen LogP contribution in [0.25, 0.3) is 0 Å². The first-order valence-corrected chi connectivity index (χ1v) is 8.04. The van der Waals surface area contributed by atoms with Crippen LogP contribution in [0, 0.1) is 17.5 Å². The van der Waals surface area contributed by atoms with E-state index in [0.717, 1.165) is 11.6 Å². The van der Waals surface area contributed by atoms with E-state index >= 15 is 0 Å². The molecule has 5 nitrogen and oxygen atoms in total.